The number of benzene rings is 1. The van der Waals surface area contributed by atoms with Crippen LogP contribution in [0.4, 0.5) is 0 Å². The molecule has 0 unspecified atom stereocenters. The average molecular weight is 351 g/mol. The second-order valence-corrected chi connectivity index (χ2v) is 5.41. The third-order valence-corrected chi connectivity index (χ3v) is 3.42. The van der Waals surface area contributed by atoms with Gasteiger partial charge < -0.3 is 0 Å². The second kappa shape index (κ2) is 6.64. The number of halogens is 1. The maximum atomic E-state index is 11.8. The van der Waals surface area contributed by atoms with E-state index in [0.29, 0.717) is 12.8 Å². The Morgan fingerprint density at radius 3 is 2.56 bits per heavy atom. The van der Waals surface area contributed by atoms with Crippen LogP contribution in [0.15, 0.2) is 48.7 Å². The molecule has 2 rings (SSSR count). The molecule has 92 valence electrons. The van der Waals surface area contributed by atoms with Crippen molar-refractivity contribution < 1.29 is 4.79 Å². The van der Waals surface area contributed by atoms with Gasteiger partial charge in [-0.1, -0.05) is 18.2 Å². The molecule has 0 amide bonds. The first-order chi connectivity index (χ1) is 8.74. The fourth-order valence-electron chi connectivity index (χ4n) is 1.73. The number of carbonyl (C=O) groups excluding carboxylic acids is 1. The summed E-state index contributed by atoms with van der Waals surface area (Å²) < 4.78 is 1.19. The first kappa shape index (κ1) is 13.2. The molecule has 18 heavy (non-hydrogen) atoms. The molecular weight excluding hydrogens is 337 g/mol. The summed E-state index contributed by atoms with van der Waals surface area (Å²) in [5, 5.41) is 0. The fraction of sp³-hybridized carbons (Fsp3) is 0.200. The highest BCUT2D eigenvalue weighted by atomic mass is 127. The molecule has 1 aromatic carbocycles. The molecule has 0 bridgehead atoms. The average Bonchev–Trinajstić information content (AvgIpc) is 2.40. The normalized spacial score (nSPS) is 10.3. The van der Waals surface area contributed by atoms with Gasteiger partial charge in [-0.3, -0.25) is 9.78 Å². The van der Waals surface area contributed by atoms with Crippen LogP contribution in [0.3, 0.4) is 0 Å². The highest BCUT2D eigenvalue weighted by Crippen LogP contribution is 2.09. The Morgan fingerprint density at radius 1 is 1.11 bits per heavy atom. The quantitative estimate of drug-likeness (QED) is 0.773. The number of aromatic nitrogens is 1. The van der Waals surface area contributed by atoms with Crippen LogP contribution in [0, 0.1) is 3.57 Å². The number of hydrogen-bond acceptors (Lipinski definition) is 2. The van der Waals surface area contributed by atoms with Crippen molar-refractivity contribution in [2.45, 2.75) is 19.3 Å². The summed E-state index contributed by atoms with van der Waals surface area (Å²) in [4.78, 5) is 16.1. The number of rotatable bonds is 5. The Hall–Kier alpha value is -1.23. The predicted molar refractivity (Wildman–Crippen MR) is 80.4 cm³/mol. The van der Waals surface area contributed by atoms with Crippen LogP contribution in [0.2, 0.25) is 0 Å². The minimum absolute atomic E-state index is 0.266. The molecule has 0 spiro atoms. The molecule has 0 fully saturated rings. The maximum Gasteiger partial charge on any atom is 0.137 e. The summed E-state index contributed by atoms with van der Waals surface area (Å²) in [5.41, 5.74) is 2.06. The van der Waals surface area contributed by atoms with Crippen molar-refractivity contribution in [1.82, 2.24) is 4.98 Å². The number of pyridine rings is 1. The molecule has 0 radical (unpaired) electrons. The number of carbonyl (C=O) groups is 1. The largest absolute Gasteiger partial charge is 0.299 e. The molecule has 0 aliphatic carbocycles. The molecule has 0 saturated carbocycles. The van der Waals surface area contributed by atoms with Crippen LogP contribution in [-0.4, -0.2) is 10.8 Å². The van der Waals surface area contributed by atoms with Crippen molar-refractivity contribution in [2.24, 2.45) is 0 Å². The van der Waals surface area contributed by atoms with Gasteiger partial charge >= 0.3 is 0 Å². The van der Waals surface area contributed by atoms with Gasteiger partial charge in [-0.25, -0.2) is 0 Å². The number of hydrogen-bond donors (Lipinski definition) is 0. The molecule has 2 aromatic rings. The van der Waals surface area contributed by atoms with Crippen LogP contribution in [0.1, 0.15) is 17.7 Å². The van der Waals surface area contributed by atoms with E-state index in [1.54, 1.807) is 6.20 Å². The van der Waals surface area contributed by atoms with E-state index in [4.69, 9.17) is 0 Å². The first-order valence-electron chi connectivity index (χ1n) is 5.90. The monoisotopic (exact) mass is 351 g/mol. The topological polar surface area (TPSA) is 30.0 Å². The third kappa shape index (κ3) is 4.22. The van der Waals surface area contributed by atoms with Gasteiger partial charge in [0.05, 0.1) is 0 Å². The summed E-state index contributed by atoms with van der Waals surface area (Å²) in [6.45, 7) is 0. The molecule has 3 heteroatoms. The highest BCUT2D eigenvalue weighted by Gasteiger charge is 2.04. The van der Waals surface area contributed by atoms with Crippen molar-refractivity contribution in [3.05, 3.63) is 63.5 Å². The Labute approximate surface area is 121 Å². The summed E-state index contributed by atoms with van der Waals surface area (Å²) >= 11 is 2.26. The van der Waals surface area contributed by atoms with Crippen LogP contribution < -0.4 is 0 Å². The molecule has 1 heterocycles. The van der Waals surface area contributed by atoms with Gasteiger partial charge in [0.1, 0.15) is 5.78 Å². The van der Waals surface area contributed by atoms with Crippen molar-refractivity contribution >= 4 is 28.4 Å². The fourth-order valence-corrected chi connectivity index (χ4v) is 2.09. The molecular formula is C15H14INO. The maximum absolute atomic E-state index is 11.8. The van der Waals surface area contributed by atoms with Crippen LogP contribution >= 0.6 is 22.6 Å². The molecule has 0 N–H and O–H groups in total. The number of ketones is 1. The van der Waals surface area contributed by atoms with Gasteiger partial charge in [-0.15, -0.1) is 0 Å². The van der Waals surface area contributed by atoms with Gasteiger partial charge in [0.25, 0.3) is 0 Å². The van der Waals surface area contributed by atoms with E-state index in [2.05, 4.69) is 27.6 Å². The van der Waals surface area contributed by atoms with E-state index in [-0.39, 0.29) is 5.78 Å². The van der Waals surface area contributed by atoms with Gasteiger partial charge in [-0.05, 0) is 58.8 Å². The van der Waals surface area contributed by atoms with E-state index in [1.165, 1.54) is 3.57 Å². The summed E-state index contributed by atoms with van der Waals surface area (Å²) in [6.07, 6.45) is 3.57. The Morgan fingerprint density at radius 2 is 1.89 bits per heavy atom. The number of Topliss-reactive ketones (excluding diaryl/α,β-unsaturated/α-hetero) is 1. The van der Waals surface area contributed by atoms with Gasteiger partial charge in [0.2, 0.25) is 0 Å². The van der Waals surface area contributed by atoms with E-state index in [1.807, 2.05) is 42.5 Å². The molecule has 0 saturated heterocycles. The first-order valence-corrected chi connectivity index (χ1v) is 6.98. The Bertz CT molecular complexity index is 508. The Balaban J connectivity index is 1.84. The zero-order valence-corrected chi connectivity index (χ0v) is 12.1. The molecule has 0 atom stereocenters. The SMILES string of the molecule is O=C(CCc1ccccn1)Cc1ccc(I)cc1. The third-order valence-electron chi connectivity index (χ3n) is 2.70. The lowest BCUT2D eigenvalue weighted by atomic mass is 10.0. The van der Waals surface area contributed by atoms with Crippen molar-refractivity contribution in [3.8, 4) is 0 Å². The lowest BCUT2D eigenvalue weighted by molar-refractivity contribution is -0.118. The summed E-state index contributed by atoms with van der Waals surface area (Å²) in [7, 11) is 0. The molecule has 0 aliphatic rings. The van der Waals surface area contributed by atoms with Gasteiger partial charge in [0, 0.05) is 28.3 Å². The Kier molecular flexibility index (Phi) is 4.87. The second-order valence-electron chi connectivity index (χ2n) is 4.16. The van der Waals surface area contributed by atoms with E-state index < -0.39 is 0 Å². The highest BCUT2D eigenvalue weighted by molar-refractivity contribution is 14.1. The molecule has 1 aromatic heterocycles. The lowest BCUT2D eigenvalue weighted by Gasteiger charge is -2.02. The van der Waals surface area contributed by atoms with E-state index in [0.717, 1.165) is 17.7 Å². The van der Waals surface area contributed by atoms with Crippen LogP contribution in [-0.2, 0) is 17.6 Å². The van der Waals surface area contributed by atoms with Gasteiger partial charge in [-0.2, -0.15) is 0 Å². The smallest absolute Gasteiger partial charge is 0.137 e. The molecule has 0 aliphatic heterocycles. The van der Waals surface area contributed by atoms with Crippen molar-refractivity contribution in [2.75, 3.05) is 0 Å². The lowest BCUT2D eigenvalue weighted by Crippen LogP contribution is -2.05. The predicted octanol–water partition coefficient (Wildman–Crippen LogP) is 3.43. The van der Waals surface area contributed by atoms with Crippen molar-refractivity contribution in [1.29, 1.82) is 0 Å². The zero-order valence-electron chi connectivity index (χ0n) is 9.97. The van der Waals surface area contributed by atoms with E-state index >= 15 is 0 Å². The zero-order chi connectivity index (χ0) is 12.8. The summed E-state index contributed by atoms with van der Waals surface area (Å²) in [5.74, 6) is 0.266. The minimum atomic E-state index is 0.266. The minimum Gasteiger partial charge on any atom is -0.299 e. The number of aryl methyl sites for hydroxylation is 1. The van der Waals surface area contributed by atoms with Crippen molar-refractivity contribution in [3.63, 3.8) is 0 Å². The van der Waals surface area contributed by atoms with Crippen LogP contribution in [0.5, 0.6) is 0 Å². The number of nitrogens with zero attached hydrogens (tertiary/aromatic N) is 1. The van der Waals surface area contributed by atoms with Crippen LogP contribution in [0.25, 0.3) is 0 Å². The van der Waals surface area contributed by atoms with E-state index in [9.17, 15) is 4.79 Å². The molecule has 2 nitrogen and oxygen atoms in total. The summed E-state index contributed by atoms with van der Waals surface area (Å²) in [6, 6.07) is 13.9. The standard InChI is InChI=1S/C15H14INO/c16-13-6-4-12(5-7-13)11-15(18)9-8-14-3-1-2-10-17-14/h1-7,10H,8-9,11H2. The van der Waals surface area contributed by atoms with Gasteiger partial charge in [0.15, 0.2) is 0 Å².